The molecule has 0 spiro atoms. The van der Waals surface area contributed by atoms with Crippen molar-refractivity contribution in [1.29, 1.82) is 0 Å². The van der Waals surface area contributed by atoms with Gasteiger partial charge < -0.3 is 14.7 Å². The van der Waals surface area contributed by atoms with Crippen LogP contribution in [0.3, 0.4) is 0 Å². The highest BCUT2D eigenvalue weighted by Gasteiger charge is 2.17. The summed E-state index contributed by atoms with van der Waals surface area (Å²) in [5, 5.41) is 8.89. The number of carboxylic acid groups (broad SMARTS) is 1. The van der Waals surface area contributed by atoms with E-state index in [0.717, 1.165) is 26.2 Å². The van der Waals surface area contributed by atoms with Crippen molar-refractivity contribution in [2.24, 2.45) is 0 Å². The first-order valence-corrected chi connectivity index (χ1v) is 8.12. The molecule has 0 atom stereocenters. The number of hydrogen-bond acceptors (Lipinski definition) is 4. The predicted molar refractivity (Wildman–Crippen MR) is 93.9 cm³/mol. The van der Waals surface area contributed by atoms with Crippen molar-refractivity contribution in [3.8, 4) is 5.75 Å². The monoisotopic (exact) mass is 326 g/mol. The van der Waals surface area contributed by atoms with Gasteiger partial charge in [0, 0.05) is 31.9 Å². The number of carbonyl (C=O) groups is 1. The lowest BCUT2D eigenvalue weighted by atomic mass is 10.2. The Morgan fingerprint density at radius 2 is 1.79 bits per heavy atom. The largest absolute Gasteiger partial charge is 0.478 e. The van der Waals surface area contributed by atoms with E-state index in [0.29, 0.717) is 12.5 Å². The van der Waals surface area contributed by atoms with Gasteiger partial charge in [-0.1, -0.05) is 12.1 Å². The summed E-state index contributed by atoms with van der Waals surface area (Å²) in [6.07, 6.45) is 0. The summed E-state index contributed by atoms with van der Waals surface area (Å²) in [6.45, 7) is 6.48. The summed E-state index contributed by atoms with van der Waals surface area (Å²) in [7, 11) is 0. The van der Waals surface area contributed by atoms with Crippen molar-refractivity contribution in [2.75, 3.05) is 37.8 Å². The molecule has 1 heterocycles. The predicted octanol–water partition coefficient (Wildman–Crippen LogP) is 2.85. The van der Waals surface area contributed by atoms with Gasteiger partial charge in [0.2, 0.25) is 0 Å². The van der Waals surface area contributed by atoms with Gasteiger partial charge in [0.1, 0.15) is 12.5 Å². The van der Waals surface area contributed by atoms with Gasteiger partial charge in [-0.05, 0) is 48.9 Å². The fourth-order valence-electron chi connectivity index (χ4n) is 2.82. The van der Waals surface area contributed by atoms with Crippen molar-refractivity contribution in [2.45, 2.75) is 6.92 Å². The zero-order valence-corrected chi connectivity index (χ0v) is 13.8. The molecule has 1 aliphatic heterocycles. The van der Waals surface area contributed by atoms with Crippen LogP contribution in [0.1, 0.15) is 15.9 Å². The summed E-state index contributed by atoms with van der Waals surface area (Å²) in [5.74, 6) is -0.227. The van der Waals surface area contributed by atoms with Crippen LogP contribution in [0.15, 0.2) is 48.5 Å². The Balaban J connectivity index is 1.48. The molecule has 24 heavy (non-hydrogen) atoms. The molecule has 0 amide bonds. The van der Waals surface area contributed by atoms with Crippen molar-refractivity contribution >= 4 is 11.7 Å². The SMILES string of the molecule is Cc1cccc(N2CCN(COc3ccc(C(=O)O)cc3)CC2)c1. The number of ether oxygens (including phenoxy) is 1. The lowest BCUT2D eigenvalue weighted by molar-refractivity contribution is 0.0696. The van der Waals surface area contributed by atoms with Crippen LogP contribution in [-0.4, -0.2) is 48.9 Å². The Bertz CT molecular complexity index is 692. The van der Waals surface area contributed by atoms with Gasteiger partial charge >= 0.3 is 5.97 Å². The molecule has 1 saturated heterocycles. The molecule has 5 heteroatoms. The third-order valence-electron chi connectivity index (χ3n) is 4.25. The maximum atomic E-state index is 10.8. The van der Waals surface area contributed by atoms with E-state index in [-0.39, 0.29) is 5.56 Å². The van der Waals surface area contributed by atoms with Crippen molar-refractivity contribution in [3.05, 3.63) is 59.7 Å². The summed E-state index contributed by atoms with van der Waals surface area (Å²) in [6, 6.07) is 15.1. The molecule has 2 aromatic rings. The second-order valence-electron chi connectivity index (χ2n) is 6.05. The molecule has 126 valence electrons. The molecule has 1 N–H and O–H groups in total. The zero-order valence-electron chi connectivity index (χ0n) is 13.8. The average molecular weight is 326 g/mol. The van der Waals surface area contributed by atoms with E-state index in [9.17, 15) is 4.79 Å². The highest BCUT2D eigenvalue weighted by molar-refractivity contribution is 5.87. The molecule has 0 bridgehead atoms. The number of benzene rings is 2. The molecule has 0 saturated carbocycles. The minimum atomic E-state index is -0.922. The summed E-state index contributed by atoms with van der Waals surface area (Å²) in [4.78, 5) is 15.5. The van der Waals surface area contributed by atoms with E-state index in [2.05, 4.69) is 41.0 Å². The summed E-state index contributed by atoms with van der Waals surface area (Å²) >= 11 is 0. The molecule has 1 aliphatic rings. The van der Waals surface area contributed by atoms with Gasteiger partial charge in [0.25, 0.3) is 0 Å². The summed E-state index contributed by atoms with van der Waals surface area (Å²) in [5.41, 5.74) is 2.83. The van der Waals surface area contributed by atoms with Crippen molar-refractivity contribution in [3.63, 3.8) is 0 Å². The van der Waals surface area contributed by atoms with Crippen molar-refractivity contribution < 1.29 is 14.6 Å². The quantitative estimate of drug-likeness (QED) is 0.916. The first-order valence-electron chi connectivity index (χ1n) is 8.12. The fraction of sp³-hybridized carbons (Fsp3) is 0.316. The molecular weight excluding hydrogens is 304 g/mol. The van der Waals surface area contributed by atoms with E-state index < -0.39 is 5.97 Å². The van der Waals surface area contributed by atoms with Crippen LogP contribution in [0.5, 0.6) is 5.75 Å². The second-order valence-corrected chi connectivity index (χ2v) is 6.05. The maximum Gasteiger partial charge on any atom is 0.335 e. The minimum absolute atomic E-state index is 0.272. The molecule has 5 nitrogen and oxygen atoms in total. The number of aryl methyl sites for hydroxylation is 1. The van der Waals surface area contributed by atoms with E-state index in [1.54, 1.807) is 24.3 Å². The first-order chi connectivity index (χ1) is 11.6. The van der Waals surface area contributed by atoms with Crippen LogP contribution in [0, 0.1) is 6.92 Å². The highest BCUT2D eigenvalue weighted by atomic mass is 16.5. The average Bonchev–Trinajstić information content (AvgIpc) is 2.61. The van der Waals surface area contributed by atoms with Crippen LogP contribution < -0.4 is 9.64 Å². The van der Waals surface area contributed by atoms with Gasteiger partial charge in [-0.25, -0.2) is 4.79 Å². The Hall–Kier alpha value is -2.53. The topological polar surface area (TPSA) is 53.0 Å². The lowest BCUT2D eigenvalue weighted by Crippen LogP contribution is -2.47. The van der Waals surface area contributed by atoms with Crippen molar-refractivity contribution in [1.82, 2.24) is 4.90 Å². The molecule has 0 aliphatic carbocycles. The smallest absolute Gasteiger partial charge is 0.335 e. The van der Waals surface area contributed by atoms with Gasteiger partial charge in [0.05, 0.1) is 5.56 Å². The Labute approximate surface area is 142 Å². The number of hydrogen-bond donors (Lipinski definition) is 1. The third kappa shape index (κ3) is 4.06. The summed E-state index contributed by atoms with van der Waals surface area (Å²) < 4.78 is 5.75. The molecule has 0 aromatic heterocycles. The van der Waals surface area contributed by atoms with E-state index >= 15 is 0 Å². The first kappa shape index (κ1) is 16.3. The number of nitrogens with zero attached hydrogens (tertiary/aromatic N) is 2. The third-order valence-corrected chi connectivity index (χ3v) is 4.25. The maximum absolute atomic E-state index is 10.8. The van der Waals surface area contributed by atoms with E-state index in [1.165, 1.54) is 11.3 Å². The van der Waals surface area contributed by atoms with E-state index in [1.807, 2.05) is 0 Å². The van der Waals surface area contributed by atoms with Gasteiger partial charge in [0.15, 0.2) is 0 Å². The molecule has 0 radical (unpaired) electrons. The van der Waals surface area contributed by atoms with Gasteiger partial charge in [-0.15, -0.1) is 0 Å². The highest BCUT2D eigenvalue weighted by Crippen LogP contribution is 2.18. The Morgan fingerprint density at radius 3 is 2.42 bits per heavy atom. The standard InChI is InChI=1S/C19H22N2O3/c1-15-3-2-4-17(13-15)21-11-9-20(10-12-21)14-24-18-7-5-16(6-8-18)19(22)23/h2-8,13H,9-12,14H2,1H3,(H,22,23). The zero-order chi connectivity index (χ0) is 16.9. The Kier molecular flexibility index (Phi) is 5.01. The second kappa shape index (κ2) is 7.36. The van der Waals surface area contributed by atoms with Gasteiger partial charge in [-0.3, -0.25) is 4.90 Å². The van der Waals surface area contributed by atoms with Crippen LogP contribution in [-0.2, 0) is 0 Å². The fourth-order valence-corrected chi connectivity index (χ4v) is 2.82. The molecule has 3 rings (SSSR count). The number of anilines is 1. The number of rotatable bonds is 5. The Morgan fingerprint density at radius 1 is 1.08 bits per heavy atom. The molecule has 2 aromatic carbocycles. The number of piperazine rings is 1. The van der Waals surface area contributed by atoms with Crippen LogP contribution in [0.25, 0.3) is 0 Å². The van der Waals surface area contributed by atoms with Gasteiger partial charge in [-0.2, -0.15) is 0 Å². The number of aromatic carboxylic acids is 1. The van der Waals surface area contributed by atoms with Crippen LogP contribution in [0.4, 0.5) is 5.69 Å². The lowest BCUT2D eigenvalue weighted by Gasteiger charge is -2.35. The van der Waals surface area contributed by atoms with Crippen LogP contribution >= 0.6 is 0 Å². The normalized spacial score (nSPS) is 15.3. The number of carboxylic acids is 1. The molecule has 1 fully saturated rings. The minimum Gasteiger partial charge on any atom is -0.478 e. The molecule has 0 unspecified atom stereocenters. The van der Waals surface area contributed by atoms with Crippen LogP contribution in [0.2, 0.25) is 0 Å². The van der Waals surface area contributed by atoms with E-state index in [4.69, 9.17) is 9.84 Å². The molecular formula is C19H22N2O3.